The lowest BCUT2D eigenvalue weighted by molar-refractivity contribution is 0.0962. The van der Waals surface area contributed by atoms with E-state index in [0.717, 1.165) is 35.5 Å². The quantitative estimate of drug-likeness (QED) is 0.190. The maximum absolute atomic E-state index is 13.9. The summed E-state index contributed by atoms with van der Waals surface area (Å²) >= 11 is 0. The molecule has 5 rings (SSSR count). The average Bonchev–Trinajstić information content (AvgIpc) is 3.59. The number of aldehydes is 1. The first-order valence-corrected chi connectivity index (χ1v) is 15.4. The number of rotatable bonds is 10. The van der Waals surface area contributed by atoms with E-state index in [2.05, 4.69) is 52.6 Å². The average molecular weight is 624 g/mol. The third-order valence-corrected chi connectivity index (χ3v) is 7.90. The van der Waals surface area contributed by atoms with Crippen LogP contribution in [0.5, 0.6) is 0 Å². The summed E-state index contributed by atoms with van der Waals surface area (Å²) < 4.78 is 13.9. The van der Waals surface area contributed by atoms with E-state index in [1.807, 2.05) is 32.2 Å². The van der Waals surface area contributed by atoms with Crippen molar-refractivity contribution >= 4 is 23.6 Å². The molecule has 1 aliphatic rings. The molecule has 240 valence electrons. The molecule has 0 aliphatic carbocycles. The summed E-state index contributed by atoms with van der Waals surface area (Å²) in [5.41, 5.74) is 8.03. The van der Waals surface area contributed by atoms with Crippen LogP contribution in [0.1, 0.15) is 50.2 Å². The number of hydrogen-bond donors (Lipinski definition) is 3. The van der Waals surface area contributed by atoms with Gasteiger partial charge in [0.1, 0.15) is 17.8 Å². The van der Waals surface area contributed by atoms with Crippen LogP contribution in [0.4, 0.5) is 15.8 Å². The molecule has 8 nitrogen and oxygen atoms in total. The van der Waals surface area contributed by atoms with Crippen molar-refractivity contribution < 1.29 is 14.0 Å². The SMILES string of the molecule is C=C(CNC)Nc1ccc(-c2cccc(C(=O)NC)c2C)n(Cc2cc(C)cc(N3CCCC3)c2)c1=O.O=Cc1ccc(F)cc1. The number of likely N-dealkylation sites (N-methyl/N-ethyl adjacent to an activating group) is 1. The van der Waals surface area contributed by atoms with E-state index < -0.39 is 0 Å². The van der Waals surface area contributed by atoms with Gasteiger partial charge in [-0.15, -0.1) is 0 Å². The van der Waals surface area contributed by atoms with E-state index in [0.29, 0.717) is 41.9 Å². The normalized spacial score (nSPS) is 12.2. The first-order valence-electron chi connectivity index (χ1n) is 15.4. The van der Waals surface area contributed by atoms with Crippen molar-refractivity contribution in [2.45, 2.75) is 33.2 Å². The van der Waals surface area contributed by atoms with Crippen molar-refractivity contribution in [3.05, 3.63) is 129 Å². The first-order chi connectivity index (χ1) is 22.1. The van der Waals surface area contributed by atoms with Crippen LogP contribution in [0.25, 0.3) is 11.3 Å². The Balaban J connectivity index is 0.000000459. The highest BCUT2D eigenvalue weighted by Crippen LogP contribution is 2.28. The molecule has 0 bridgehead atoms. The Kier molecular flexibility index (Phi) is 11.6. The maximum atomic E-state index is 13.9. The Morgan fingerprint density at radius 2 is 1.70 bits per heavy atom. The Morgan fingerprint density at radius 1 is 0.978 bits per heavy atom. The summed E-state index contributed by atoms with van der Waals surface area (Å²) in [6.45, 7) is 11.1. The van der Waals surface area contributed by atoms with Crippen molar-refractivity contribution in [3.8, 4) is 11.3 Å². The van der Waals surface area contributed by atoms with Crippen LogP contribution in [0.3, 0.4) is 0 Å². The topological polar surface area (TPSA) is 95.5 Å². The molecule has 1 aliphatic heterocycles. The van der Waals surface area contributed by atoms with E-state index in [1.165, 1.54) is 48.4 Å². The fourth-order valence-electron chi connectivity index (χ4n) is 5.62. The zero-order chi connectivity index (χ0) is 33.2. The molecule has 0 spiro atoms. The minimum Gasteiger partial charge on any atom is -0.372 e. The highest BCUT2D eigenvalue weighted by atomic mass is 19.1. The minimum absolute atomic E-state index is 0.135. The Hall–Kier alpha value is -5.02. The number of hydrogen-bond acceptors (Lipinski definition) is 6. The number of aryl methyl sites for hydroxylation is 1. The summed E-state index contributed by atoms with van der Waals surface area (Å²) in [6, 6.07) is 21.3. The summed E-state index contributed by atoms with van der Waals surface area (Å²) in [7, 11) is 3.46. The summed E-state index contributed by atoms with van der Waals surface area (Å²) in [6.07, 6.45) is 3.09. The van der Waals surface area contributed by atoms with Crippen LogP contribution in [0, 0.1) is 19.7 Å². The van der Waals surface area contributed by atoms with E-state index >= 15 is 0 Å². The van der Waals surface area contributed by atoms with Gasteiger partial charge in [0.25, 0.3) is 11.5 Å². The van der Waals surface area contributed by atoms with Crippen molar-refractivity contribution in [2.24, 2.45) is 0 Å². The van der Waals surface area contributed by atoms with E-state index in [-0.39, 0.29) is 17.3 Å². The van der Waals surface area contributed by atoms with Crippen LogP contribution < -0.4 is 26.4 Å². The lowest BCUT2D eigenvalue weighted by Crippen LogP contribution is -2.27. The number of amides is 1. The molecule has 1 fully saturated rings. The van der Waals surface area contributed by atoms with Crippen molar-refractivity contribution in [1.29, 1.82) is 0 Å². The monoisotopic (exact) mass is 623 g/mol. The largest absolute Gasteiger partial charge is 0.372 e. The minimum atomic E-state index is -0.319. The van der Waals surface area contributed by atoms with Gasteiger partial charge in [-0.1, -0.05) is 24.8 Å². The smallest absolute Gasteiger partial charge is 0.275 e. The fourth-order valence-corrected chi connectivity index (χ4v) is 5.62. The van der Waals surface area contributed by atoms with Crippen molar-refractivity contribution in [1.82, 2.24) is 15.2 Å². The van der Waals surface area contributed by atoms with Crippen LogP contribution in [-0.4, -0.2) is 50.5 Å². The van der Waals surface area contributed by atoms with Gasteiger partial charge in [0.2, 0.25) is 0 Å². The second-order valence-electron chi connectivity index (χ2n) is 11.4. The second-order valence-corrected chi connectivity index (χ2v) is 11.4. The van der Waals surface area contributed by atoms with Gasteiger partial charge >= 0.3 is 0 Å². The van der Waals surface area contributed by atoms with Crippen LogP contribution in [0.2, 0.25) is 0 Å². The second kappa shape index (κ2) is 15.8. The molecule has 46 heavy (non-hydrogen) atoms. The molecule has 0 unspecified atom stereocenters. The summed E-state index contributed by atoms with van der Waals surface area (Å²) in [5.74, 6) is -0.468. The Morgan fingerprint density at radius 3 is 2.35 bits per heavy atom. The number of carbonyl (C=O) groups excluding carboxylic acids is 2. The van der Waals surface area contributed by atoms with Gasteiger partial charge in [0.15, 0.2) is 0 Å². The van der Waals surface area contributed by atoms with Crippen LogP contribution in [-0.2, 0) is 6.54 Å². The molecule has 3 aromatic carbocycles. The molecule has 3 N–H and O–H groups in total. The Bertz CT molecular complexity index is 1760. The molecule has 0 atom stereocenters. The maximum Gasteiger partial charge on any atom is 0.275 e. The number of carbonyl (C=O) groups is 2. The molecular weight excluding hydrogens is 581 g/mol. The number of aromatic nitrogens is 1. The number of anilines is 2. The van der Waals surface area contributed by atoms with Crippen molar-refractivity contribution in [3.63, 3.8) is 0 Å². The predicted molar refractivity (Wildman–Crippen MR) is 184 cm³/mol. The molecule has 1 saturated heterocycles. The predicted octanol–water partition coefficient (Wildman–Crippen LogP) is 5.92. The molecular formula is C37H42FN5O3. The lowest BCUT2D eigenvalue weighted by Gasteiger charge is -2.21. The summed E-state index contributed by atoms with van der Waals surface area (Å²) in [5, 5.41) is 8.94. The molecule has 0 radical (unpaired) electrons. The van der Waals surface area contributed by atoms with E-state index in [9.17, 15) is 18.8 Å². The molecule has 1 amide bonds. The first kappa shape index (κ1) is 33.9. The number of nitrogens with one attached hydrogen (secondary N) is 3. The van der Waals surface area contributed by atoms with Gasteiger partial charge in [0.05, 0.1) is 12.2 Å². The number of benzene rings is 3. The van der Waals surface area contributed by atoms with Gasteiger partial charge in [-0.2, -0.15) is 0 Å². The van der Waals surface area contributed by atoms with Gasteiger partial charge in [-0.25, -0.2) is 4.39 Å². The Labute approximate surface area is 270 Å². The van der Waals surface area contributed by atoms with Gasteiger partial charge in [-0.05, 0) is 105 Å². The number of halogens is 1. The third-order valence-electron chi connectivity index (χ3n) is 7.90. The lowest BCUT2D eigenvalue weighted by atomic mass is 9.98. The molecule has 2 heterocycles. The zero-order valence-electron chi connectivity index (χ0n) is 27.0. The van der Waals surface area contributed by atoms with Crippen LogP contribution >= 0.6 is 0 Å². The molecule has 0 saturated carbocycles. The summed E-state index contributed by atoms with van der Waals surface area (Å²) in [4.78, 5) is 38.8. The molecule has 9 heteroatoms. The third kappa shape index (κ3) is 8.37. The van der Waals surface area contributed by atoms with Crippen molar-refractivity contribution in [2.75, 3.05) is 43.9 Å². The van der Waals surface area contributed by atoms with Gasteiger partial charge in [-0.3, -0.25) is 14.4 Å². The standard InChI is InChI=1S/C30H37N5O2.C7H5FO/c1-20-15-23(17-24(16-20)34-13-6-7-14-34)19-35-28(12-11-27(30(35)37)33-21(2)18-31-4)25-9-8-10-26(22(25)3)29(36)32-5;8-7-3-1-6(5-9)2-4-7/h8-12,15-17,31,33H,2,6-7,13-14,18-19H2,1,3-5H3,(H,32,36);1-5H. The van der Waals surface area contributed by atoms with E-state index in [4.69, 9.17) is 0 Å². The van der Waals surface area contributed by atoms with Gasteiger partial charge in [0, 0.05) is 54.8 Å². The fraction of sp³-hybridized carbons (Fsp3) is 0.270. The zero-order valence-corrected chi connectivity index (χ0v) is 27.0. The highest BCUT2D eigenvalue weighted by molar-refractivity contribution is 5.97. The van der Waals surface area contributed by atoms with E-state index in [1.54, 1.807) is 23.7 Å². The number of nitrogens with zero attached hydrogens (tertiary/aromatic N) is 2. The molecule has 1 aromatic heterocycles. The van der Waals surface area contributed by atoms with Crippen LogP contribution in [0.15, 0.2) is 89.9 Å². The highest BCUT2D eigenvalue weighted by Gasteiger charge is 2.18. The van der Waals surface area contributed by atoms with Gasteiger partial charge < -0.3 is 25.4 Å². The molecule has 4 aromatic rings. The number of pyridine rings is 1.